The largest absolute Gasteiger partial charge is 0.491 e. The Kier molecular flexibility index (Phi) is 4.43. The molecule has 0 aromatic heterocycles. The third-order valence-electron chi connectivity index (χ3n) is 2.29. The summed E-state index contributed by atoms with van der Waals surface area (Å²) in [7, 11) is 4.11. The van der Waals surface area contributed by atoms with Crippen molar-refractivity contribution in [3.8, 4) is 5.75 Å². The molecule has 0 saturated carbocycles. The lowest BCUT2D eigenvalue weighted by atomic mass is 10.2. The van der Waals surface area contributed by atoms with E-state index in [1.807, 2.05) is 25.1 Å². The third kappa shape index (κ3) is 3.80. The first-order valence-corrected chi connectivity index (χ1v) is 5.24. The Balaban J connectivity index is 2.41. The van der Waals surface area contributed by atoms with E-state index >= 15 is 0 Å². The number of hydrogen-bond acceptors (Lipinski definition) is 3. The molecule has 0 aliphatic heterocycles. The number of benzene rings is 1. The minimum Gasteiger partial charge on any atom is -0.491 e. The minimum absolute atomic E-state index is 0.714. The van der Waals surface area contributed by atoms with Crippen molar-refractivity contribution in [2.45, 2.75) is 13.3 Å². The van der Waals surface area contributed by atoms with Crippen molar-refractivity contribution >= 4 is 5.69 Å². The molecule has 0 spiro atoms. The van der Waals surface area contributed by atoms with Gasteiger partial charge in [0.05, 0.1) is 12.3 Å². The van der Waals surface area contributed by atoms with Crippen molar-refractivity contribution in [1.82, 2.24) is 4.90 Å². The molecule has 0 bridgehead atoms. The van der Waals surface area contributed by atoms with Crippen molar-refractivity contribution in [2.24, 2.45) is 0 Å². The molecule has 0 radical (unpaired) electrons. The SMILES string of the molecule is Cc1cccc(OCCCN(C)C)c1N. The summed E-state index contributed by atoms with van der Waals surface area (Å²) in [6.45, 7) is 3.74. The highest BCUT2D eigenvalue weighted by molar-refractivity contribution is 5.57. The van der Waals surface area contributed by atoms with Gasteiger partial charge in [0.25, 0.3) is 0 Å². The molecular formula is C12H20N2O. The van der Waals surface area contributed by atoms with Crippen LogP contribution in [0.25, 0.3) is 0 Å². The van der Waals surface area contributed by atoms with Crippen molar-refractivity contribution in [3.05, 3.63) is 23.8 Å². The van der Waals surface area contributed by atoms with E-state index in [-0.39, 0.29) is 0 Å². The van der Waals surface area contributed by atoms with Crippen molar-refractivity contribution in [3.63, 3.8) is 0 Å². The van der Waals surface area contributed by atoms with Gasteiger partial charge in [-0.2, -0.15) is 0 Å². The van der Waals surface area contributed by atoms with Crippen molar-refractivity contribution in [1.29, 1.82) is 0 Å². The number of hydrogen-bond donors (Lipinski definition) is 1. The maximum absolute atomic E-state index is 5.89. The summed E-state index contributed by atoms with van der Waals surface area (Å²) >= 11 is 0. The quantitative estimate of drug-likeness (QED) is 0.593. The second kappa shape index (κ2) is 5.61. The summed E-state index contributed by atoms with van der Waals surface area (Å²) in [6, 6.07) is 5.87. The average Bonchev–Trinajstić information content (AvgIpc) is 2.18. The van der Waals surface area contributed by atoms with E-state index in [1.165, 1.54) is 0 Å². The number of rotatable bonds is 5. The molecule has 0 unspecified atom stereocenters. The Morgan fingerprint density at radius 3 is 2.73 bits per heavy atom. The molecule has 3 nitrogen and oxygen atoms in total. The molecule has 0 amide bonds. The van der Waals surface area contributed by atoms with Gasteiger partial charge in [-0.1, -0.05) is 12.1 Å². The molecule has 1 rings (SSSR count). The van der Waals surface area contributed by atoms with Gasteiger partial charge in [-0.15, -0.1) is 0 Å². The van der Waals surface area contributed by atoms with Gasteiger partial charge >= 0.3 is 0 Å². The van der Waals surface area contributed by atoms with Crippen LogP contribution in [0.5, 0.6) is 5.75 Å². The van der Waals surface area contributed by atoms with E-state index in [9.17, 15) is 0 Å². The fourth-order valence-corrected chi connectivity index (χ4v) is 1.34. The molecular weight excluding hydrogens is 188 g/mol. The van der Waals surface area contributed by atoms with Gasteiger partial charge in [0.1, 0.15) is 5.75 Å². The lowest BCUT2D eigenvalue weighted by molar-refractivity contribution is 0.282. The monoisotopic (exact) mass is 208 g/mol. The zero-order valence-corrected chi connectivity index (χ0v) is 9.79. The predicted molar refractivity (Wildman–Crippen MR) is 64.3 cm³/mol. The standard InChI is InChI=1S/C12H20N2O/c1-10-6-4-7-11(12(10)13)15-9-5-8-14(2)3/h4,6-7H,5,8-9,13H2,1-3H3. The fourth-order valence-electron chi connectivity index (χ4n) is 1.34. The maximum Gasteiger partial charge on any atom is 0.142 e. The van der Waals surface area contributed by atoms with Crippen molar-refractivity contribution < 1.29 is 4.74 Å². The highest BCUT2D eigenvalue weighted by Crippen LogP contribution is 2.24. The van der Waals surface area contributed by atoms with Gasteiger partial charge < -0.3 is 15.4 Å². The lowest BCUT2D eigenvalue weighted by Crippen LogP contribution is -2.15. The molecule has 15 heavy (non-hydrogen) atoms. The summed E-state index contributed by atoms with van der Waals surface area (Å²) in [5.74, 6) is 0.800. The zero-order chi connectivity index (χ0) is 11.3. The van der Waals surface area contributed by atoms with E-state index in [2.05, 4.69) is 19.0 Å². The highest BCUT2D eigenvalue weighted by atomic mass is 16.5. The van der Waals surface area contributed by atoms with Crippen LogP contribution in [0.15, 0.2) is 18.2 Å². The summed E-state index contributed by atoms with van der Waals surface area (Å²) in [5, 5.41) is 0. The number of nitrogens with two attached hydrogens (primary N) is 1. The van der Waals surface area contributed by atoms with Gasteiger partial charge in [-0.25, -0.2) is 0 Å². The number of nitrogens with zero attached hydrogens (tertiary/aromatic N) is 1. The average molecular weight is 208 g/mol. The van der Waals surface area contributed by atoms with Gasteiger partial charge in [0.2, 0.25) is 0 Å². The van der Waals surface area contributed by atoms with E-state index < -0.39 is 0 Å². The normalized spacial score (nSPS) is 10.7. The first-order chi connectivity index (χ1) is 7.11. The minimum atomic E-state index is 0.714. The Hall–Kier alpha value is -1.22. The van der Waals surface area contributed by atoms with Crippen molar-refractivity contribution in [2.75, 3.05) is 33.0 Å². The highest BCUT2D eigenvalue weighted by Gasteiger charge is 2.01. The Morgan fingerprint density at radius 2 is 2.07 bits per heavy atom. The van der Waals surface area contributed by atoms with Crippen LogP contribution >= 0.6 is 0 Å². The van der Waals surface area contributed by atoms with Crippen LogP contribution in [0.1, 0.15) is 12.0 Å². The number of nitrogen functional groups attached to an aromatic ring is 1. The summed E-state index contributed by atoms with van der Waals surface area (Å²) in [6.07, 6.45) is 1.01. The van der Waals surface area contributed by atoms with Crippen LogP contribution < -0.4 is 10.5 Å². The van der Waals surface area contributed by atoms with Gasteiger partial charge in [0, 0.05) is 6.54 Å². The topological polar surface area (TPSA) is 38.5 Å². The molecule has 1 aromatic rings. The third-order valence-corrected chi connectivity index (χ3v) is 2.29. The van der Waals surface area contributed by atoms with Crippen LogP contribution in [0, 0.1) is 6.92 Å². The summed E-state index contributed by atoms with van der Waals surface area (Å²) < 4.78 is 5.62. The Bertz CT molecular complexity index is 310. The van der Waals surface area contributed by atoms with E-state index in [4.69, 9.17) is 10.5 Å². The van der Waals surface area contributed by atoms with Gasteiger partial charge in [-0.05, 0) is 39.1 Å². The van der Waals surface area contributed by atoms with Crippen LogP contribution in [-0.4, -0.2) is 32.1 Å². The summed E-state index contributed by atoms with van der Waals surface area (Å²) in [4.78, 5) is 2.14. The number of ether oxygens (including phenoxy) is 1. The zero-order valence-electron chi connectivity index (χ0n) is 9.79. The second-order valence-corrected chi connectivity index (χ2v) is 3.99. The van der Waals surface area contributed by atoms with Crippen LogP contribution in [0.2, 0.25) is 0 Å². The van der Waals surface area contributed by atoms with Crippen LogP contribution in [-0.2, 0) is 0 Å². The molecule has 0 atom stereocenters. The molecule has 1 aromatic carbocycles. The Morgan fingerprint density at radius 1 is 1.33 bits per heavy atom. The summed E-state index contributed by atoms with van der Waals surface area (Å²) in [5.41, 5.74) is 7.71. The molecule has 0 heterocycles. The molecule has 84 valence electrons. The fraction of sp³-hybridized carbons (Fsp3) is 0.500. The maximum atomic E-state index is 5.89. The Labute approximate surface area is 91.8 Å². The van der Waals surface area contributed by atoms with E-state index in [1.54, 1.807) is 0 Å². The van der Waals surface area contributed by atoms with E-state index in [0.29, 0.717) is 6.61 Å². The first-order valence-electron chi connectivity index (χ1n) is 5.24. The lowest BCUT2D eigenvalue weighted by Gasteiger charge is -2.12. The first kappa shape index (κ1) is 11.9. The molecule has 0 saturated heterocycles. The van der Waals surface area contributed by atoms with Crippen LogP contribution in [0.4, 0.5) is 5.69 Å². The molecule has 2 N–H and O–H groups in total. The van der Waals surface area contributed by atoms with Gasteiger partial charge in [-0.3, -0.25) is 0 Å². The number of para-hydroxylation sites is 1. The molecule has 0 fully saturated rings. The molecule has 3 heteroatoms. The number of anilines is 1. The predicted octanol–water partition coefficient (Wildman–Crippen LogP) is 1.91. The second-order valence-electron chi connectivity index (χ2n) is 3.99. The molecule has 0 aliphatic carbocycles. The van der Waals surface area contributed by atoms with Gasteiger partial charge in [0.15, 0.2) is 0 Å². The number of aryl methyl sites for hydroxylation is 1. The molecule has 0 aliphatic rings. The van der Waals surface area contributed by atoms with E-state index in [0.717, 1.165) is 30.0 Å². The smallest absolute Gasteiger partial charge is 0.142 e. The van der Waals surface area contributed by atoms with Crippen LogP contribution in [0.3, 0.4) is 0 Å².